The maximum absolute atomic E-state index is 5.75. The van der Waals surface area contributed by atoms with Crippen LogP contribution in [0.1, 0.15) is 0 Å². The molecule has 4 aliphatic rings. The van der Waals surface area contributed by atoms with Gasteiger partial charge in [-0.1, -0.05) is 154 Å². The van der Waals surface area contributed by atoms with E-state index in [2.05, 4.69) is 140 Å². The molecule has 0 radical (unpaired) electrons. The quantitative estimate of drug-likeness (QED) is 0.141. The van der Waals surface area contributed by atoms with Crippen molar-refractivity contribution in [2.24, 2.45) is 0 Å². The fourth-order valence-electron chi connectivity index (χ4n) is 10.3. The summed E-state index contributed by atoms with van der Waals surface area (Å²) in [6.07, 6.45) is 0. The average Bonchev–Trinajstić information content (AvgIpc) is 3.64. The third-order valence-electron chi connectivity index (χ3n) is 12.0. The molecule has 0 aliphatic carbocycles. The Labute approximate surface area is 277 Å². The molecule has 0 atom stereocenters. The minimum Gasteiger partial charge on any atom is -0.247 e. The van der Waals surface area contributed by atoms with Crippen LogP contribution in [0.4, 0.5) is 0 Å². The lowest BCUT2D eigenvalue weighted by atomic mass is 9.35. The number of rotatable bonds is 0. The Morgan fingerprint density at radius 3 is 1.52 bits per heavy atom. The maximum atomic E-state index is 5.75. The second kappa shape index (κ2) is 8.13. The zero-order chi connectivity index (χ0) is 30.8. The van der Waals surface area contributed by atoms with Gasteiger partial charge >= 0.3 is 0 Å². The van der Waals surface area contributed by atoms with Crippen LogP contribution in [-0.4, -0.2) is 18.4 Å². The summed E-state index contributed by atoms with van der Waals surface area (Å²) in [4.78, 5) is 5.75. The number of hydrogen-bond donors (Lipinski definition) is 0. The van der Waals surface area contributed by atoms with E-state index >= 15 is 0 Å². The molecular weight excluding hydrogens is 576 g/mol. The fourth-order valence-corrected chi connectivity index (χ4v) is 10.3. The normalized spacial score (nSPS) is 13.8. The number of hydrogen-bond acceptors (Lipinski definition) is 1. The summed E-state index contributed by atoms with van der Waals surface area (Å²) in [6, 6.07) is 52.8. The van der Waals surface area contributed by atoms with Crippen LogP contribution in [-0.2, 0) is 0 Å². The van der Waals surface area contributed by atoms with Gasteiger partial charge in [0, 0.05) is 16.3 Å². The Balaban J connectivity index is 1.24. The van der Waals surface area contributed by atoms with Crippen LogP contribution >= 0.6 is 0 Å². The molecule has 5 heterocycles. The first kappa shape index (κ1) is 24.3. The van der Waals surface area contributed by atoms with Gasteiger partial charge in [-0.15, -0.1) is 0 Å². The Kier molecular flexibility index (Phi) is 4.11. The van der Waals surface area contributed by atoms with Crippen LogP contribution in [0, 0.1) is 0 Å². The Morgan fingerprint density at radius 1 is 0.375 bits per heavy atom. The molecule has 0 amide bonds. The molecule has 3 heteroatoms. The summed E-state index contributed by atoms with van der Waals surface area (Å²) in [6.45, 7) is 0.447. The highest BCUT2D eigenvalue weighted by molar-refractivity contribution is 7.03. The van der Waals surface area contributed by atoms with Crippen molar-refractivity contribution in [2.45, 2.75) is 0 Å². The highest BCUT2D eigenvalue weighted by atomic mass is 14.7. The third kappa shape index (κ3) is 2.65. The van der Waals surface area contributed by atoms with Crippen LogP contribution in [0.3, 0.4) is 0 Å². The predicted molar refractivity (Wildman–Crippen MR) is 205 cm³/mol. The van der Waals surface area contributed by atoms with E-state index in [9.17, 15) is 0 Å². The first-order chi connectivity index (χ1) is 23.8. The third-order valence-corrected chi connectivity index (χ3v) is 12.0. The Hall–Kier alpha value is -5.92. The van der Waals surface area contributed by atoms with Crippen molar-refractivity contribution in [1.82, 2.24) is 4.98 Å². The minimum absolute atomic E-state index is 0.217. The van der Waals surface area contributed by atoms with E-state index < -0.39 is 0 Å². The molecule has 1 nitrogen and oxygen atoms in total. The summed E-state index contributed by atoms with van der Waals surface area (Å²) in [5.74, 6) is 0. The van der Waals surface area contributed by atoms with Crippen molar-refractivity contribution in [1.29, 1.82) is 0 Å². The molecule has 214 valence electrons. The smallest absolute Gasteiger partial charge is 0.244 e. The van der Waals surface area contributed by atoms with Gasteiger partial charge < -0.3 is 0 Å². The standard InChI is InChI=1S/C45H23B2N/c1-3-17-34-27(13-1)31-21-26-22-33-38(48-45(26)42-30-16-6-10-25-12-8-20-37(40(25)30)47(34)44(31)42)23-32-28-14-2-4-18-35(28)46-36-19-7-11-24-9-5-15-29(39(24)36)41(33)43(32)46/h1-23H. The number of aromatic nitrogens is 1. The van der Waals surface area contributed by atoms with Gasteiger partial charge in [0.1, 0.15) is 0 Å². The monoisotopic (exact) mass is 599 g/mol. The lowest BCUT2D eigenvalue weighted by Crippen LogP contribution is -2.52. The highest BCUT2D eigenvalue weighted by Crippen LogP contribution is 2.45. The SMILES string of the molecule is c1ccc2c(c1)B1c3c-2cc2nc4c5c6c(cc4cc2c3-c2cccc3cccc1c23)-c1ccccc1B6c1cccc2cccc-5c12. The molecule has 0 bridgehead atoms. The minimum atomic E-state index is 0.217. The van der Waals surface area contributed by atoms with Crippen molar-refractivity contribution >= 4 is 89.6 Å². The van der Waals surface area contributed by atoms with E-state index in [4.69, 9.17) is 4.98 Å². The van der Waals surface area contributed by atoms with Gasteiger partial charge in [0.15, 0.2) is 0 Å². The zero-order valence-electron chi connectivity index (χ0n) is 25.9. The van der Waals surface area contributed by atoms with Crippen molar-refractivity contribution < 1.29 is 0 Å². The largest absolute Gasteiger partial charge is 0.247 e. The van der Waals surface area contributed by atoms with E-state index in [-0.39, 0.29) is 13.4 Å². The fraction of sp³-hybridized carbons (Fsp3) is 0. The summed E-state index contributed by atoms with van der Waals surface area (Å²) >= 11 is 0. The molecular formula is C45H23B2N. The van der Waals surface area contributed by atoms with Gasteiger partial charge in [-0.2, -0.15) is 0 Å². The van der Waals surface area contributed by atoms with E-state index in [1.807, 2.05) is 0 Å². The van der Waals surface area contributed by atoms with E-state index in [0.29, 0.717) is 0 Å². The molecule has 8 aromatic carbocycles. The van der Waals surface area contributed by atoms with Gasteiger partial charge in [0.2, 0.25) is 13.4 Å². The van der Waals surface area contributed by atoms with Crippen molar-refractivity contribution in [3.8, 4) is 44.5 Å². The number of nitrogens with zero attached hydrogens (tertiary/aromatic N) is 1. The molecule has 48 heavy (non-hydrogen) atoms. The summed E-state index contributed by atoms with van der Waals surface area (Å²) in [5.41, 5.74) is 21.4. The van der Waals surface area contributed by atoms with Gasteiger partial charge in [-0.05, 0) is 78.7 Å². The molecule has 1 aromatic heterocycles. The topological polar surface area (TPSA) is 12.9 Å². The highest BCUT2D eigenvalue weighted by Gasteiger charge is 2.43. The lowest BCUT2D eigenvalue weighted by Gasteiger charge is -2.27. The summed E-state index contributed by atoms with van der Waals surface area (Å²) < 4.78 is 0. The van der Waals surface area contributed by atoms with Crippen molar-refractivity contribution in [3.05, 3.63) is 140 Å². The van der Waals surface area contributed by atoms with Gasteiger partial charge in [-0.3, -0.25) is 0 Å². The molecule has 0 spiro atoms. The molecule has 0 saturated heterocycles. The van der Waals surface area contributed by atoms with Crippen LogP contribution in [0.25, 0.3) is 87.9 Å². The second-order valence-electron chi connectivity index (χ2n) is 14.1. The van der Waals surface area contributed by atoms with Crippen LogP contribution in [0.2, 0.25) is 0 Å². The number of pyridine rings is 1. The summed E-state index contributed by atoms with van der Waals surface area (Å²) in [5, 5.41) is 7.85. The van der Waals surface area contributed by atoms with Gasteiger partial charge in [0.25, 0.3) is 0 Å². The lowest BCUT2D eigenvalue weighted by molar-refractivity contribution is 1.50. The molecule has 0 saturated carbocycles. The number of fused-ring (bicyclic) bond motifs is 14. The number of benzene rings is 8. The molecule has 0 fully saturated rings. The van der Waals surface area contributed by atoms with Crippen LogP contribution < -0.4 is 32.8 Å². The zero-order valence-corrected chi connectivity index (χ0v) is 25.9. The molecule has 13 rings (SSSR count). The van der Waals surface area contributed by atoms with Crippen molar-refractivity contribution in [3.63, 3.8) is 0 Å². The van der Waals surface area contributed by atoms with Gasteiger partial charge in [-0.25, -0.2) is 4.98 Å². The van der Waals surface area contributed by atoms with Crippen molar-refractivity contribution in [2.75, 3.05) is 0 Å². The maximum Gasteiger partial charge on any atom is 0.244 e. The predicted octanol–water partition coefficient (Wildman–Crippen LogP) is 6.65. The average molecular weight is 599 g/mol. The first-order valence-corrected chi connectivity index (χ1v) is 17.0. The molecule has 9 aromatic rings. The second-order valence-corrected chi connectivity index (χ2v) is 14.1. The van der Waals surface area contributed by atoms with E-state index in [0.717, 1.165) is 11.0 Å². The molecule has 0 N–H and O–H groups in total. The molecule has 4 aliphatic heterocycles. The van der Waals surface area contributed by atoms with E-state index in [1.54, 1.807) is 0 Å². The van der Waals surface area contributed by atoms with Crippen LogP contribution in [0.15, 0.2) is 140 Å². The molecule has 0 unspecified atom stereocenters. The Bertz CT molecular complexity index is 2810. The Morgan fingerprint density at radius 2 is 0.875 bits per heavy atom. The van der Waals surface area contributed by atoms with E-state index in [1.165, 1.54) is 110 Å². The van der Waals surface area contributed by atoms with Gasteiger partial charge in [0.05, 0.1) is 11.0 Å². The first-order valence-electron chi connectivity index (χ1n) is 17.0. The van der Waals surface area contributed by atoms with Crippen LogP contribution in [0.5, 0.6) is 0 Å². The summed E-state index contributed by atoms with van der Waals surface area (Å²) in [7, 11) is 0.